The van der Waals surface area contributed by atoms with Gasteiger partial charge in [-0.2, -0.15) is 9.97 Å². The summed E-state index contributed by atoms with van der Waals surface area (Å²) >= 11 is 0. The Morgan fingerprint density at radius 1 is 0.628 bits per heavy atom. The molecule has 0 aliphatic carbocycles. The summed E-state index contributed by atoms with van der Waals surface area (Å²) < 4.78 is 101. The van der Waals surface area contributed by atoms with E-state index in [9.17, 15) is 67.4 Å². The first-order valence-electron chi connectivity index (χ1n) is 23.3. The smallest absolute Gasteiger partial charge is 0.394 e. The number of fused-ring (bicyclic) bond motifs is 1. The van der Waals surface area contributed by atoms with Gasteiger partial charge in [-0.1, -0.05) is 0 Å². The van der Waals surface area contributed by atoms with Crippen LogP contribution in [0.2, 0.25) is 0 Å². The maximum atomic E-state index is 13.9. The minimum atomic E-state index is -5.40. The van der Waals surface area contributed by atoms with Crippen LogP contribution in [0.1, 0.15) is 61.7 Å². The number of H-pyrrole nitrogens is 3. The summed E-state index contributed by atoms with van der Waals surface area (Å²) in [4.78, 5) is 126. The third kappa shape index (κ3) is 12.7. The van der Waals surface area contributed by atoms with E-state index in [1.54, 1.807) is 0 Å². The molecule has 4 saturated heterocycles. The van der Waals surface area contributed by atoms with Crippen molar-refractivity contribution in [2.24, 2.45) is 0 Å². The molecule has 4 aliphatic heterocycles. The van der Waals surface area contributed by atoms with Gasteiger partial charge < -0.3 is 55.3 Å². The number of aliphatic hydroxyl groups is 2. The number of aliphatic hydroxyl groups excluding tert-OH is 2. The lowest BCUT2D eigenvalue weighted by atomic mass is 10.2. The molecule has 36 nitrogen and oxygen atoms in total. The topological polar surface area (TPSA) is 505 Å². The zero-order valence-corrected chi connectivity index (χ0v) is 43.3. The Bertz CT molecular complexity index is 3580. The molecule has 4 aliphatic rings. The van der Waals surface area contributed by atoms with Gasteiger partial charge >= 0.3 is 40.5 Å². The predicted molar refractivity (Wildman–Crippen MR) is 257 cm³/mol. The van der Waals surface area contributed by atoms with Gasteiger partial charge in [-0.3, -0.25) is 74.7 Å². The average Bonchev–Trinajstić information content (AvgIpc) is 4.30. The molecule has 12 N–H and O–H groups in total. The highest BCUT2D eigenvalue weighted by molar-refractivity contribution is 7.48. The lowest BCUT2D eigenvalue weighted by molar-refractivity contribution is -0.0633. The fourth-order valence-corrected chi connectivity index (χ4v) is 11.8. The number of aromatic amines is 3. The Balaban J connectivity index is 0.893. The largest absolute Gasteiger partial charge is 0.472 e. The van der Waals surface area contributed by atoms with Crippen molar-refractivity contribution in [1.82, 2.24) is 48.2 Å². The van der Waals surface area contributed by atoms with Crippen molar-refractivity contribution >= 4 is 46.4 Å². The van der Waals surface area contributed by atoms with Crippen LogP contribution in [-0.4, -0.2) is 148 Å². The zero-order valence-electron chi connectivity index (χ0n) is 40.6. The molecule has 3 unspecified atom stereocenters. The third-order valence-corrected chi connectivity index (χ3v) is 15.8. The SMILES string of the molecule is Cc1cn([C@H]2C[C@H](OP(=O)(O)OC[C@H]3O[C@@H](n4ccc(N)nc4=O)C[C@@H]3OP(=O)(O)OC[C@H]3O[C@@H](n4cnc5c(=O)[nH]c(N)nc54)C[C@@H]3OP(=O)(O)OC[C@H]3O[C@@H](n4cc(C)c(=O)[nH]c4=O)C[C@@H]3O)[C@@H](CO)O2)c(=O)[nH]c1=O. The van der Waals surface area contributed by atoms with Crippen molar-refractivity contribution in [1.29, 1.82) is 0 Å². The van der Waals surface area contributed by atoms with Crippen molar-refractivity contribution < 1.29 is 84.7 Å². The summed E-state index contributed by atoms with van der Waals surface area (Å²) in [6.45, 7) is -0.617. The van der Waals surface area contributed by atoms with Gasteiger partial charge in [-0.15, -0.1) is 0 Å². The van der Waals surface area contributed by atoms with Gasteiger partial charge in [0, 0.05) is 55.4 Å². The maximum absolute atomic E-state index is 13.9. The van der Waals surface area contributed by atoms with Crippen molar-refractivity contribution in [3.63, 3.8) is 0 Å². The number of phosphoric acid groups is 3. The number of nitrogens with zero attached hydrogens (tertiary/aromatic N) is 7. The van der Waals surface area contributed by atoms with Crippen LogP contribution < -0.4 is 45.2 Å². The highest BCUT2D eigenvalue weighted by Crippen LogP contribution is 2.53. The van der Waals surface area contributed by atoms with Crippen LogP contribution >= 0.6 is 23.5 Å². The van der Waals surface area contributed by atoms with Gasteiger partial charge in [0.05, 0.1) is 38.9 Å². The van der Waals surface area contributed by atoms with Gasteiger partial charge in [0.1, 0.15) is 73.5 Å². The maximum Gasteiger partial charge on any atom is 0.472 e. The highest BCUT2D eigenvalue weighted by Gasteiger charge is 2.48. The van der Waals surface area contributed by atoms with Crippen LogP contribution in [0.25, 0.3) is 11.2 Å². The second kappa shape index (κ2) is 22.4. The fraction of sp³-hybridized carbons (Fsp3) is 0.564. The number of aryl methyl sites for hydroxylation is 2. The molecular formula is C39H51N12O24P3. The second-order valence-corrected chi connectivity index (χ2v) is 22.4. The van der Waals surface area contributed by atoms with E-state index in [1.165, 1.54) is 43.1 Å². The first kappa shape index (κ1) is 57.0. The fourth-order valence-electron chi connectivity index (χ4n) is 8.95. The van der Waals surface area contributed by atoms with E-state index in [4.69, 9.17) is 57.6 Å². The Hall–Kier alpha value is -5.72. The van der Waals surface area contributed by atoms with Gasteiger partial charge in [0.2, 0.25) is 5.95 Å². The lowest BCUT2D eigenvalue weighted by Gasteiger charge is -2.25. The van der Waals surface area contributed by atoms with E-state index in [-0.39, 0.29) is 53.3 Å². The van der Waals surface area contributed by atoms with E-state index >= 15 is 0 Å². The summed E-state index contributed by atoms with van der Waals surface area (Å²) in [5.74, 6) is -0.482. The molecule has 0 bridgehead atoms. The van der Waals surface area contributed by atoms with Crippen LogP contribution in [0, 0.1) is 13.8 Å². The predicted octanol–water partition coefficient (Wildman–Crippen LogP) is -2.73. The summed E-state index contributed by atoms with van der Waals surface area (Å²) in [5, 5.41) is 20.7. The molecule has 0 saturated carbocycles. The number of hydrogen-bond acceptors (Lipinski definition) is 26. The molecule has 0 radical (unpaired) electrons. The summed E-state index contributed by atoms with van der Waals surface area (Å²) in [7, 11) is -15.8. The number of aromatic nitrogens is 10. The van der Waals surface area contributed by atoms with E-state index in [2.05, 4.69) is 29.9 Å². The molecule has 426 valence electrons. The van der Waals surface area contributed by atoms with Crippen LogP contribution in [0.4, 0.5) is 11.8 Å². The van der Waals surface area contributed by atoms with Gasteiger partial charge in [0.15, 0.2) is 11.2 Å². The van der Waals surface area contributed by atoms with Gasteiger partial charge in [0.25, 0.3) is 16.7 Å². The van der Waals surface area contributed by atoms with Crippen LogP contribution in [0.15, 0.2) is 59.8 Å². The van der Waals surface area contributed by atoms with E-state index in [1.807, 2.05) is 0 Å². The number of nitrogen functional groups attached to an aromatic ring is 2. The number of nitrogens with two attached hydrogens (primary N) is 2. The normalized spacial score (nSPS) is 29.7. The molecule has 39 heteroatoms. The van der Waals surface area contributed by atoms with Crippen molar-refractivity contribution in [2.45, 2.75) is 113 Å². The summed E-state index contributed by atoms with van der Waals surface area (Å²) in [6, 6.07) is 1.23. The third-order valence-electron chi connectivity index (χ3n) is 12.8. The number of imidazole rings is 1. The number of phosphoric ester groups is 3. The molecule has 5 aromatic heterocycles. The summed E-state index contributed by atoms with van der Waals surface area (Å²) in [5.41, 5.74) is 6.73. The minimum absolute atomic E-state index is 0.108. The molecule has 0 aromatic carbocycles. The van der Waals surface area contributed by atoms with E-state index in [0.29, 0.717) is 0 Å². The first-order chi connectivity index (χ1) is 36.8. The molecule has 78 heavy (non-hydrogen) atoms. The number of rotatable bonds is 20. The molecule has 5 aromatic rings. The Labute approximate surface area is 434 Å². The summed E-state index contributed by atoms with van der Waals surface area (Å²) in [6.07, 6.45) is -13.2. The second-order valence-electron chi connectivity index (χ2n) is 18.2. The van der Waals surface area contributed by atoms with E-state index < -0.39 is 164 Å². The Kier molecular flexibility index (Phi) is 16.4. The van der Waals surface area contributed by atoms with Crippen molar-refractivity contribution in [2.75, 3.05) is 37.9 Å². The molecule has 4 fully saturated rings. The minimum Gasteiger partial charge on any atom is -0.394 e. The molecule has 9 rings (SSSR count). The van der Waals surface area contributed by atoms with E-state index in [0.717, 1.165) is 20.0 Å². The zero-order chi connectivity index (χ0) is 56.2. The lowest BCUT2D eigenvalue weighted by Crippen LogP contribution is -2.33. The number of anilines is 2. The Morgan fingerprint density at radius 2 is 1.08 bits per heavy atom. The van der Waals surface area contributed by atoms with Gasteiger partial charge in [-0.05, 0) is 19.9 Å². The van der Waals surface area contributed by atoms with Gasteiger partial charge in [-0.25, -0.2) is 33.1 Å². The standard InChI is InChI=1S/C39H51N12O24P3/c1-16-9-49(38(58)46-33(16)54)27-5-18(53)23(70-27)12-66-76(60,61)75-21-8-30(51-15-42-31-32(51)44-36(41)45-35(31)56)72-25(21)14-68-78(64,65)74-20-7-28(48-4-3-26(40)43-37(48)57)71-24(20)13-67-77(62,63)73-19-6-29(69-22(19)11-52)50-10-17(2)34(55)47-39(50)59/h3-4,9-10,15,18-25,27-30,52-53H,5-8,11-14H2,1-2H3,(H,60,61)(H,62,63)(H,64,65)(H2,40,43,57)(H,46,54,58)(H,47,55,59)(H3,41,44,45,56)/t18-,19-,20-,21-,22+,23+,24+,25+,27+,28+,29+,30+/m0/s1. The number of hydrogen-bond donors (Lipinski definition) is 10. The van der Waals surface area contributed by atoms with Crippen molar-refractivity contribution in [3.8, 4) is 0 Å². The molecule has 0 spiro atoms. The van der Waals surface area contributed by atoms with Crippen LogP contribution in [-0.2, 0) is 59.8 Å². The quantitative estimate of drug-likeness (QED) is 0.0354. The molecule has 15 atom stereocenters. The number of nitrogens with one attached hydrogen (secondary N) is 3. The monoisotopic (exact) mass is 1160 g/mol. The van der Waals surface area contributed by atoms with Crippen LogP contribution in [0.5, 0.6) is 0 Å². The molecular weight excluding hydrogens is 1110 g/mol. The molecule has 9 heterocycles. The van der Waals surface area contributed by atoms with Crippen LogP contribution in [0.3, 0.4) is 0 Å². The van der Waals surface area contributed by atoms with Crippen molar-refractivity contribution in [3.05, 3.63) is 105 Å². The Morgan fingerprint density at radius 3 is 1.59 bits per heavy atom. The average molecular weight is 1160 g/mol. The number of ether oxygens (including phenoxy) is 4. The highest BCUT2D eigenvalue weighted by atomic mass is 31.2. The first-order valence-corrected chi connectivity index (χ1v) is 27.8. The molecule has 0 amide bonds.